The molecule has 1 aromatic heterocycles. The lowest BCUT2D eigenvalue weighted by atomic mass is 10.1. The second-order valence-corrected chi connectivity index (χ2v) is 7.44. The largest absolute Gasteiger partial charge is 0.485 e. The van der Waals surface area contributed by atoms with Gasteiger partial charge in [0, 0.05) is 27.9 Å². The highest BCUT2D eigenvalue weighted by atomic mass is 16.5. The zero-order valence-corrected chi connectivity index (χ0v) is 17.3. The number of ketones is 2. The zero-order chi connectivity index (χ0) is 21.3. The Kier molecular flexibility index (Phi) is 5.23. The van der Waals surface area contributed by atoms with Crippen LogP contribution in [0.4, 0.5) is 0 Å². The maximum Gasteiger partial charge on any atom is 0.200 e. The minimum Gasteiger partial charge on any atom is -0.485 e. The Morgan fingerprint density at radius 2 is 1.60 bits per heavy atom. The number of aromatic nitrogens is 1. The molecule has 0 aliphatic rings. The Bertz CT molecular complexity index is 1240. The number of carbonyl (C=O) groups excluding carboxylic acids is 2. The van der Waals surface area contributed by atoms with Crippen molar-refractivity contribution in [2.24, 2.45) is 0 Å². The van der Waals surface area contributed by atoms with E-state index in [0.717, 1.165) is 22.3 Å². The van der Waals surface area contributed by atoms with E-state index in [1.165, 1.54) is 5.56 Å². The Morgan fingerprint density at radius 1 is 0.900 bits per heavy atom. The molecule has 0 N–H and O–H groups in total. The first-order chi connectivity index (χ1) is 14.5. The average molecular weight is 397 g/mol. The third-order valence-corrected chi connectivity index (χ3v) is 5.29. The molecule has 0 amide bonds. The number of aryl methyl sites for hydroxylation is 1. The standard InChI is InChI=1S/C26H23NO3/c1-17-9-11-21(12-10-17)27-18(2)26(19(3)28)23-15-22(13-14-24(23)27)30-16-25(29)20-7-5-4-6-8-20/h4-15H,16H2,1-3H3. The van der Waals surface area contributed by atoms with Gasteiger partial charge in [0.2, 0.25) is 0 Å². The molecule has 0 saturated heterocycles. The first kappa shape index (κ1) is 19.6. The minimum atomic E-state index is -0.0871. The number of hydrogen-bond donors (Lipinski definition) is 0. The maximum atomic E-state index is 12.4. The van der Waals surface area contributed by atoms with E-state index in [-0.39, 0.29) is 18.2 Å². The normalized spacial score (nSPS) is 10.9. The highest BCUT2D eigenvalue weighted by molar-refractivity contribution is 6.09. The monoisotopic (exact) mass is 397 g/mol. The van der Waals surface area contributed by atoms with Crippen molar-refractivity contribution < 1.29 is 14.3 Å². The van der Waals surface area contributed by atoms with E-state index in [1.54, 1.807) is 19.1 Å². The fraction of sp³-hybridized carbons (Fsp3) is 0.154. The van der Waals surface area contributed by atoms with Gasteiger partial charge in [-0.05, 0) is 51.1 Å². The summed E-state index contributed by atoms with van der Waals surface area (Å²) < 4.78 is 7.85. The van der Waals surface area contributed by atoms with Gasteiger partial charge in [0.15, 0.2) is 18.2 Å². The summed E-state index contributed by atoms with van der Waals surface area (Å²) >= 11 is 0. The van der Waals surface area contributed by atoms with Gasteiger partial charge in [-0.3, -0.25) is 9.59 Å². The number of Topliss-reactive ketones (excluding diaryl/α,β-unsaturated/α-hetero) is 2. The van der Waals surface area contributed by atoms with E-state index < -0.39 is 0 Å². The molecule has 4 aromatic rings. The highest BCUT2D eigenvalue weighted by Crippen LogP contribution is 2.32. The Labute approximate surface area is 175 Å². The maximum absolute atomic E-state index is 12.4. The van der Waals surface area contributed by atoms with E-state index in [0.29, 0.717) is 16.9 Å². The SMILES string of the molecule is CC(=O)c1c(C)n(-c2ccc(C)cc2)c2ccc(OCC(=O)c3ccccc3)cc12. The van der Waals surface area contributed by atoms with Crippen LogP contribution in [0.25, 0.3) is 16.6 Å². The quantitative estimate of drug-likeness (QED) is 0.392. The number of benzene rings is 3. The molecule has 4 heteroatoms. The van der Waals surface area contributed by atoms with Crippen LogP contribution in [0.3, 0.4) is 0 Å². The minimum absolute atomic E-state index is 0.000809. The van der Waals surface area contributed by atoms with Gasteiger partial charge in [0.25, 0.3) is 0 Å². The van der Waals surface area contributed by atoms with Crippen molar-refractivity contribution in [1.29, 1.82) is 0 Å². The first-order valence-corrected chi connectivity index (χ1v) is 9.90. The molecular weight excluding hydrogens is 374 g/mol. The zero-order valence-electron chi connectivity index (χ0n) is 17.3. The van der Waals surface area contributed by atoms with Crippen LogP contribution in [0.1, 0.15) is 38.9 Å². The average Bonchev–Trinajstić information content (AvgIpc) is 3.04. The Morgan fingerprint density at radius 3 is 2.27 bits per heavy atom. The van der Waals surface area contributed by atoms with E-state index in [9.17, 15) is 9.59 Å². The first-order valence-electron chi connectivity index (χ1n) is 9.90. The van der Waals surface area contributed by atoms with Crippen molar-refractivity contribution in [1.82, 2.24) is 4.57 Å². The van der Waals surface area contributed by atoms with Crippen LogP contribution in [-0.4, -0.2) is 22.7 Å². The van der Waals surface area contributed by atoms with E-state index in [1.807, 2.05) is 50.2 Å². The number of fused-ring (bicyclic) bond motifs is 1. The van der Waals surface area contributed by atoms with Crippen LogP contribution in [0, 0.1) is 13.8 Å². The molecule has 0 radical (unpaired) electrons. The summed E-state index contributed by atoms with van der Waals surface area (Å²) in [5, 5.41) is 0.824. The third-order valence-electron chi connectivity index (χ3n) is 5.29. The molecule has 1 heterocycles. The number of rotatable bonds is 6. The number of nitrogens with zero attached hydrogens (tertiary/aromatic N) is 1. The Balaban J connectivity index is 1.71. The van der Waals surface area contributed by atoms with Crippen LogP contribution < -0.4 is 4.74 Å². The summed E-state index contributed by atoms with van der Waals surface area (Å²) in [5.41, 5.74) is 5.29. The molecule has 0 aliphatic heterocycles. The van der Waals surface area contributed by atoms with Crippen molar-refractivity contribution >= 4 is 22.5 Å². The molecule has 3 aromatic carbocycles. The van der Waals surface area contributed by atoms with E-state index in [2.05, 4.69) is 28.8 Å². The lowest BCUT2D eigenvalue weighted by Gasteiger charge is -2.10. The summed E-state index contributed by atoms with van der Waals surface area (Å²) in [7, 11) is 0. The number of carbonyl (C=O) groups is 2. The second kappa shape index (κ2) is 7.99. The van der Waals surface area contributed by atoms with Crippen LogP contribution >= 0.6 is 0 Å². The van der Waals surface area contributed by atoms with Gasteiger partial charge in [-0.1, -0.05) is 48.0 Å². The summed E-state index contributed by atoms with van der Waals surface area (Å²) in [6.45, 7) is 5.53. The van der Waals surface area contributed by atoms with Gasteiger partial charge in [0.1, 0.15) is 5.75 Å². The van der Waals surface area contributed by atoms with Gasteiger partial charge in [0.05, 0.1) is 5.52 Å². The molecule has 150 valence electrons. The highest BCUT2D eigenvalue weighted by Gasteiger charge is 2.19. The van der Waals surface area contributed by atoms with Crippen molar-refractivity contribution in [2.45, 2.75) is 20.8 Å². The summed E-state index contributed by atoms with van der Waals surface area (Å²) in [6.07, 6.45) is 0. The molecule has 0 atom stereocenters. The molecule has 0 unspecified atom stereocenters. The van der Waals surface area contributed by atoms with Crippen molar-refractivity contribution in [3.8, 4) is 11.4 Å². The molecule has 0 aliphatic carbocycles. The smallest absolute Gasteiger partial charge is 0.200 e. The number of ether oxygens (including phenoxy) is 1. The molecular formula is C26H23NO3. The van der Waals surface area contributed by atoms with Gasteiger partial charge in [-0.15, -0.1) is 0 Å². The van der Waals surface area contributed by atoms with Crippen LogP contribution in [0.15, 0.2) is 72.8 Å². The fourth-order valence-corrected chi connectivity index (χ4v) is 3.81. The molecule has 0 saturated carbocycles. The van der Waals surface area contributed by atoms with Crippen LogP contribution in [0.2, 0.25) is 0 Å². The molecule has 4 rings (SSSR count). The van der Waals surface area contributed by atoms with E-state index >= 15 is 0 Å². The summed E-state index contributed by atoms with van der Waals surface area (Å²) in [6, 6.07) is 22.9. The lowest BCUT2D eigenvalue weighted by Crippen LogP contribution is -2.11. The molecule has 0 fully saturated rings. The van der Waals surface area contributed by atoms with Crippen LogP contribution in [-0.2, 0) is 0 Å². The van der Waals surface area contributed by atoms with Gasteiger partial charge >= 0.3 is 0 Å². The summed E-state index contributed by atoms with van der Waals surface area (Å²) in [5.74, 6) is 0.479. The third kappa shape index (κ3) is 3.64. The van der Waals surface area contributed by atoms with Gasteiger partial charge in [-0.25, -0.2) is 0 Å². The molecule has 0 bridgehead atoms. The number of hydrogen-bond acceptors (Lipinski definition) is 3. The van der Waals surface area contributed by atoms with Gasteiger partial charge < -0.3 is 9.30 Å². The topological polar surface area (TPSA) is 48.3 Å². The van der Waals surface area contributed by atoms with Crippen molar-refractivity contribution in [2.75, 3.05) is 6.61 Å². The van der Waals surface area contributed by atoms with Crippen molar-refractivity contribution in [3.05, 3.63) is 95.2 Å². The predicted molar refractivity (Wildman–Crippen MR) is 119 cm³/mol. The summed E-state index contributed by atoms with van der Waals surface area (Å²) in [4.78, 5) is 24.8. The van der Waals surface area contributed by atoms with Gasteiger partial charge in [-0.2, -0.15) is 0 Å². The van der Waals surface area contributed by atoms with Crippen LogP contribution in [0.5, 0.6) is 5.75 Å². The molecule has 4 nitrogen and oxygen atoms in total. The predicted octanol–water partition coefficient (Wildman–Crippen LogP) is 5.71. The molecule has 0 spiro atoms. The van der Waals surface area contributed by atoms with Crippen molar-refractivity contribution in [3.63, 3.8) is 0 Å². The second-order valence-electron chi connectivity index (χ2n) is 7.44. The fourth-order valence-electron chi connectivity index (χ4n) is 3.81. The lowest BCUT2D eigenvalue weighted by molar-refractivity contribution is 0.0921. The Hall–Kier alpha value is -3.66. The van der Waals surface area contributed by atoms with E-state index in [4.69, 9.17) is 4.74 Å². The molecule has 30 heavy (non-hydrogen) atoms.